The SMILES string of the molecule is CN(C(=O)[C@H](Cc1ccc2ccccc2c1)NC(=O)[C@@H](N)Cc1cc(O)cc(O)c1)[C@@H](Cc1ccccc1)C(=O)N(C)[C@@H](Cc1ccccc1)C(=O)N(C)[C@@H](Cc1ccccc1)C(N)=O. The van der Waals surface area contributed by atoms with Gasteiger partial charge in [0.1, 0.15) is 35.7 Å². The summed E-state index contributed by atoms with van der Waals surface area (Å²) in [5.41, 5.74) is 15.8. The van der Waals surface area contributed by atoms with E-state index < -0.39 is 59.7 Å². The number of rotatable bonds is 19. The quantitative estimate of drug-likeness (QED) is 0.0781. The summed E-state index contributed by atoms with van der Waals surface area (Å²) in [6.45, 7) is 0. The van der Waals surface area contributed by atoms with E-state index in [1.54, 1.807) is 0 Å². The second kappa shape index (κ2) is 21.7. The van der Waals surface area contributed by atoms with E-state index in [0.29, 0.717) is 5.56 Å². The van der Waals surface area contributed by atoms with Gasteiger partial charge in [-0.05, 0) is 57.1 Å². The van der Waals surface area contributed by atoms with Crippen LogP contribution in [0.5, 0.6) is 11.5 Å². The minimum atomic E-state index is -1.21. The zero-order valence-electron chi connectivity index (χ0n) is 36.8. The first kappa shape index (κ1) is 47.0. The highest BCUT2D eigenvalue weighted by atomic mass is 16.3. The zero-order valence-corrected chi connectivity index (χ0v) is 36.8. The Morgan fingerprint density at radius 1 is 0.477 bits per heavy atom. The van der Waals surface area contributed by atoms with Gasteiger partial charge in [0, 0.05) is 52.9 Å². The molecule has 0 aliphatic rings. The highest BCUT2D eigenvalue weighted by molar-refractivity contribution is 5.96. The maximum Gasteiger partial charge on any atom is 0.246 e. The van der Waals surface area contributed by atoms with Gasteiger partial charge in [0.15, 0.2) is 0 Å². The Bertz CT molecular complexity index is 2570. The van der Waals surface area contributed by atoms with Crippen LogP contribution in [-0.4, -0.2) is 106 Å². The minimum Gasteiger partial charge on any atom is -0.508 e. The van der Waals surface area contributed by atoms with E-state index in [1.807, 2.05) is 133 Å². The fraction of sp³-hybridized carbons (Fsp3) is 0.250. The smallest absolute Gasteiger partial charge is 0.246 e. The minimum absolute atomic E-state index is 0.0390. The van der Waals surface area contributed by atoms with Crippen molar-refractivity contribution in [1.29, 1.82) is 0 Å². The topological polar surface area (TPSA) is 200 Å². The van der Waals surface area contributed by atoms with E-state index in [4.69, 9.17) is 11.5 Å². The highest BCUT2D eigenvalue weighted by Crippen LogP contribution is 2.23. The first-order chi connectivity index (χ1) is 31.2. The third-order valence-corrected chi connectivity index (χ3v) is 11.8. The number of likely N-dealkylation sites (N-methyl/N-ethyl adjacent to an activating group) is 3. The van der Waals surface area contributed by atoms with Crippen LogP contribution in [-0.2, 0) is 56.1 Å². The molecule has 6 aromatic rings. The Morgan fingerprint density at radius 3 is 1.40 bits per heavy atom. The van der Waals surface area contributed by atoms with Crippen LogP contribution in [0, 0.1) is 0 Å². The molecule has 13 nitrogen and oxygen atoms in total. The Morgan fingerprint density at radius 2 is 0.908 bits per heavy atom. The standard InChI is InChI=1S/C52H56N6O7/c1-56(45(48(54)61)30-34-15-7-4-8-16-34)51(64)47(32-36-19-11-6-12-20-36)58(3)52(65)46(31-35-17-9-5-10-18-35)57(2)50(63)44(29-37-23-24-39-21-13-14-22-40(39)25-37)55-49(62)43(53)28-38-26-41(59)33-42(60)27-38/h4-27,33,43-47,59-60H,28-32,53H2,1-3H3,(H2,54,61)(H,55,62)/t43-,44-,45-,46-,47-/m0/s1. The number of primary amides is 1. The van der Waals surface area contributed by atoms with Crippen LogP contribution < -0.4 is 16.8 Å². The number of phenols is 2. The molecule has 65 heavy (non-hydrogen) atoms. The van der Waals surface area contributed by atoms with Gasteiger partial charge in [-0.15, -0.1) is 0 Å². The number of carbonyl (C=O) groups is 5. The number of fused-ring (bicyclic) bond motifs is 1. The molecule has 0 radical (unpaired) electrons. The number of phenolic OH excluding ortho intramolecular Hbond substituents is 2. The van der Waals surface area contributed by atoms with Crippen LogP contribution in [0.1, 0.15) is 27.8 Å². The van der Waals surface area contributed by atoms with Crippen LogP contribution >= 0.6 is 0 Å². The number of aromatic hydroxyl groups is 2. The van der Waals surface area contributed by atoms with Crippen LogP contribution in [0.4, 0.5) is 0 Å². The first-order valence-electron chi connectivity index (χ1n) is 21.4. The van der Waals surface area contributed by atoms with Gasteiger partial charge in [0.25, 0.3) is 0 Å². The molecule has 0 unspecified atom stereocenters. The lowest BCUT2D eigenvalue weighted by Crippen LogP contribution is -2.60. The van der Waals surface area contributed by atoms with Crippen molar-refractivity contribution in [2.45, 2.75) is 62.3 Å². The lowest BCUT2D eigenvalue weighted by atomic mass is 9.97. The molecule has 6 rings (SSSR count). The van der Waals surface area contributed by atoms with Gasteiger partial charge in [-0.2, -0.15) is 0 Å². The van der Waals surface area contributed by atoms with Crippen LogP contribution in [0.15, 0.2) is 152 Å². The second-order valence-corrected chi connectivity index (χ2v) is 16.5. The van der Waals surface area contributed by atoms with E-state index in [-0.39, 0.29) is 43.6 Å². The van der Waals surface area contributed by atoms with Crippen molar-refractivity contribution >= 4 is 40.3 Å². The van der Waals surface area contributed by atoms with Crippen molar-refractivity contribution in [2.24, 2.45) is 11.5 Å². The van der Waals surface area contributed by atoms with E-state index in [0.717, 1.165) is 39.1 Å². The number of nitrogens with two attached hydrogens (primary N) is 2. The number of benzene rings is 6. The van der Waals surface area contributed by atoms with Crippen molar-refractivity contribution in [2.75, 3.05) is 21.1 Å². The second-order valence-electron chi connectivity index (χ2n) is 16.5. The molecule has 336 valence electrons. The summed E-state index contributed by atoms with van der Waals surface area (Å²) >= 11 is 0. The molecule has 0 aliphatic carbocycles. The maximum atomic E-state index is 15.2. The van der Waals surface area contributed by atoms with Gasteiger partial charge in [-0.1, -0.05) is 133 Å². The summed E-state index contributed by atoms with van der Waals surface area (Å²) < 4.78 is 0. The number of nitrogens with zero attached hydrogens (tertiary/aromatic N) is 3. The Labute approximate surface area is 379 Å². The summed E-state index contributed by atoms with van der Waals surface area (Å²) in [5, 5.41) is 24.9. The Balaban J connectivity index is 1.34. The lowest BCUT2D eigenvalue weighted by molar-refractivity contribution is -0.152. The maximum absolute atomic E-state index is 15.2. The molecule has 0 spiro atoms. The molecular weight excluding hydrogens is 821 g/mol. The van der Waals surface area contributed by atoms with Crippen LogP contribution in [0.3, 0.4) is 0 Å². The van der Waals surface area contributed by atoms with Gasteiger partial charge >= 0.3 is 0 Å². The normalized spacial score (nSPS) is 13.4. The predicted molar refractivity (Wildman–Crippen MR) is 250 cm³/mol. The average molecular weight is 877 g/mol. The predicted octanol–water partition coefficient (Wildman–Crippen LogP) is 4.54. The van der Waals surface area contributed by atoms with Crippen molar-refractivity contribution in [3.63, 3.8) is 0 Å². The molecule has 0 aromatic heterocycles. The fourth-order valence-corrected chi connectivity index (χ4v) is 8.10. The molecule has 0 saturated heterocycles. The van der Waals surface area contributed by atoms with Crippen molar-refractivity contribution in [1.82, 2.24) is 20.0 Å². The largest absolute Gasteiger partial charge is 0.508 e. The van der Waals surface area contributed by atoms with E-state index in [2.05, 4.69) is 5.32 Å². The Kier molecular flexibility index (Phi) is 15.7. The highest BCUT2D eigenvalue weighted by Gasteiger charge is 2.40. The van der Waals surface area contributed by atoms with Gasteiger partial charge in [-0.25, -0.2) is 0 Å². The molecule has 7 N–H and O–H groups in total. The lowest BCUT2D eigenvalue weighted by Gasteiger charge is -2.38. The van der Waals surface area contributed by atoms with Gasteiger partial charge < -0.3 is 41.7 Å². The Hall–Kier alpha value is -7.51. The number of carbonyl (C=O) groups excluding carboxylic acids is 5. The molecule has 0 aliphatic heterocycles. The van der Waals surface area contributed by atoms with E-state index in [9.17, 15) is 24.6 Å². The van der Waals surface area contributed by atoms with E-state index in [1.165, 1.54) is 48.0 Å². The monoisotopic (exact) mass is 876 g/mol. The van der Waals surface area contributed by atoms with Crippen LogP contribution in [0.25, 0.3) is 10.8 Å². The zero-order chi connectivity index (χ0) is 46.6. The summed E-state index contributed by atoms with van der Waals surface area (Å²) in [6.07, 6.45) is 0.287. The summed E-state index contributed by atoms with van der Waals surface area (Å²) in [6, 6.07) is 39.3. The van der Waals surface area contributed by atoms with Gasteiger partial charge in [0.2, 0.25) is 29.5 Å². The van der Waals surface area contributed by atoms with Gasteiger partial charge in [0.05, 0.1) is 6.04 Å². The molecule has 0 bridgehead atoms. The third-order valence-electron chi connectivity index (χ3n) is 11.8. The molecule has 13 heteroatoms. The number of nitrogens with one attached hydrogen (secondary N) is 1. The molecule has 5 atom stereocenters. The first-order valence-corrected chi connectivity index (χ1v) is 21.4. The van der Waals surface area contributed by atoms with Crippen molar-refractivity contribution in [3.8, 4) is 11.5 Å². The summed E-state index contributed by atoms with van der Waals surface area (Å²) in [5.74, 6) is -3.43. The van der Waals surface area contributed by atoms with Crippen LogP contribution in [0.2, 0.25) is 0 Å². The number of hydrogen-bond donors (Lipinski definition) is 5. The molecular formula is C52H56N6O7. The average Bonchev–Trinajstić information content (AvgIpc) is 3.30. The number of amides is 5. The molecule has 0 heterocycles. The number of hydrogen-bond acceptors (Lipinski definition) is 8. The summed E-state index contributed by atoms with van der Waals surface area (Å²) in [7, 11) is 4.52. The van der Waals surface area contributed by atoms with Crippen molar-refractivity contribution in [3.05, 3.63) is 179 Å². The summed E-state index contributed by atoms with van der Waals surface area (Å²) in [4.78, 5) is 75.7. The molecule has 0 saturated carbocycles. The fourth-order valence-electron chi connectivity index (χ4n) is 8.10. The van der Waals surface area contributed by atoms with E-state index >= 15 is 9.59 Å². The molecule has 0 fully saturated rings. The third kappa shape index (κ3) is 12.4. The molecule has 6 aromatic carbocycles. The van der Waals surface area contributed by atoms with Gasteiger partial charge in [-0.3, -0.25) is 24.0 Å². The molecule has 5 amide bonds. The van der Waals surface area contributed by atoms with Crippen molar-refractivity contribution < 1.29 is 34.2 Å².